The first-order chi connectivity index (χ1) is 18.5. The van der Waals surface area contributed by atoms with E-state index in [0.717, 1.165) is 34.8 Å². The molecule has 1 amide bonds. The zero-order chi connectivity index (χ0) is 31.2. The van der Waals surface area contributed by atoms with Gasteiger partial charge in [0.15, 0.2) is 0 Å². The van der Waals surface area contributed by atoms with Crippen LogP contribution >= 0.6 is 11.6 Å². The molecule has 17 heteroatoms. The summed E-state index contributed by atoms with van der Waals surface area (Å²) in [7, 11) is -8.10. The van der Waals surface area contributed by atoms with Crippen LogP contribution in [-0.4, -0.2) is 59.1 Å². The number of hydrogen-bond donors (Lipinski definition) is 2. The average Bonchev–Trinajstić information content (AvgIpc) is 2.77. The summed E-state index contributed by atoms with van der Waals surface area (Å²) >= 11 is 5.81. The molecule has 0 saturated carbocycles. The molecule has 0 radical (unpaired) electrons. The largest absolute Gasteiger partial charge is 0.486 e. The highest BCUT2D eigenvalue weighted by atomic mass is 35.5. The van der Waals surface area contributed by atoms with Crippen molar-refractivity contribution in [3.8, 4) is 5.75 Å². The van der Waals surface area contributed by atoms with E-state index in [1.54, 1.807) is 13.8 Å². The Morgan fingerprint density at radius 1 is 1.10 bits per heavy atom. The van der Waals surface area contributed by atoms with E-state index in [4.69, 9.17) is 16.3 Å². The lowest BCUT2D eigenvalue weighted by Gasteiger charge is -2.38. The van der Waals surface area contributed by atoms with Gasteiger partial charge in [-0.15, -0.1) is 0 Å². The van der Waals surface area contributed by atoms with Gasteiger partial charge in [-0.05, 0) is 64.1 Å². The van der Waals surface area contributed by atoms with Crippen LogP contribution in [0.5, 0.6) is 5.75 Å². The Kier molecular flexibility index (Phi) is 8.86. The molecule has 1 heterocycles. The molecule has 41 heavy (non-hydrogen) atoms. The highest BCUT2D eigenvalue weighted by molar-refractivity contribution is 7.92. The van der Waals surface area contributed by atoms with Crippen LogP contribution in [0.15, 0.2) is 41.3 Å². The average molecular weight is 646 g/mol. The smallest absolute Gasteiger partial charge is 0.427 e. The van der Waals surface area contributed by atoms with Gasteiger partial charge in [0, 0.05) is 17.6 Å². The van der Waals surface area contributed by atoms with Gasteiger partial charge in [0.25, 0.3) is 10.0 Å². The Morgan fingerprint density at radius 3 is 2.29 bits per heavy atom. The van der Waals surface area contributed by atoms with Crippen LogP contribution in [0.25, 0.3) is 0 Å². The summed E-state index contributed by atoms with van der Waals surface area (Å²) in [4.78, 5) is 11.9. The number of anilines is 2. The molecule has 0 fully saturated rings. The van der Waals surface area contributed by atoms with Crippen LogP contribution in [0.3, 0.4) is 0 Å². The first-order valence-corrected chi connectivity index (χ1v) is 15.6. The second-order valence-corrected chi connectivity index (χ2v) is 14.5. The molecule has 1 aliphatic rings. The van der Waals surface area contributed by atoms with Crippen molar-refractivity contribution in [2.45, 2.75) is 62.4 Å². The molecule has 0 spiro atoms. The quantitative estimate of drug-likeness (QED) is 0.385. The number of carbonyl (C=O) groups is 1. The number of rotatable bonds is 8. The van der Waals surface area contributed by atoms with Gasteiger partial charge in [-0.2, -0.15) is 13.2 Å². The monoisotopic (exact) mass is 645 g/mol. The molecular formula is C24H28ClF4N3O7S2. The number of amides is 1. The molecule has 1 aliphatic heterocycles. The lowest BCUT2D eigenvalue weighted by Crippen LogP contribution is -2.50. The Bertz CT molecular complexity index is 1550. The third kappa shape index (κ3) is 7.93. The van der Waals surface area contributed by atoms with Gasteiger partial charge in [0.05, 0.1) is 28.4 Å². The maximum atomic E-state index is 13.8. The van der Waals surface area contributed by atoms with E-state index in [1.165, 1.54) is 12.1 Å². The molecule has 1 atom stereocenters. The Morgan fingerprint density at radius 2 is 1.73 bits per heavy atom. The van der Waals surface area contributed by atoms with E-state index in [2.05, 4.69) is 14.8 Å². The summed E-state index contributed by atoms with van der Waals surface area (Å²) in [5, 5.41) is 1.68. The minimum atomic E-state index is -4.86. The molecule has 2 aromatic carbocycles. The second-order valence-electron chi connectivity index (χ2n) is 10.5. The van der Waals surface area contributed by atoms with Crippen molar-refractivity contribution in [1.29, 1.82) is 0 Å². The maximum absolute atomic E-state index is 13.8. The van der Waals surface area contributed by atoms with Crippen LogP contribution < -0.4 is 19.1 Å². The summed E-state index contributed by atoms with van der Waals surface area (Å²) in [6.07, 6.45) is -6.22. The van der Waals surface area contributed by atoms with Crippen molar-refractivity contribution in [3.05, 3.63) is 47.2 Å². The molecular weight excluding hydrogens is 618 g/mol. The molecule has 0 saturated heterocycles. The van der Waals surface area contributed by atoms with Gasteiger partial charge in [-0.25, -0.2) is 30.7 Å². The van der Waals surface area contributed by atoms with Gasteiger partial charge >= 0.3 is 12.3 Å². The molecule has 0 aromatic heterocycles. The number of hydrogen-bond acceptors (Lipinski definition) is 7. The third-order valence-corrected chi connectivity index (χ3v) is 8.84. The fourth-order valence-corrected chi connectivity index (χ4v) is 6.89. The standard InChI is InChI=1S/C24H28ClF4N3O7S2/c1-22(2,31-40(5,34)35)12-15-13-32(41(36,37)16-7-8-18(26)17(25)11-16)19-10-14(6-9-20(19)38-15)30-21(33)39-23(3,4)24(27,28)29/h6-11,15,31H,12-13H2,1-5H3,(H,30,33). The SMILES string of the molecule is CC(C)(CC1CN(S(=O)(=O)c2ccc(F)c(Cl)c2)c2cc(NC(=O)OC(C)(C)C(F)(F)F)ccc2O1)NS(C)(=O)=O. The van der Waals surface area contributed by atoms with E-state index in [0.29, 0.717) is 13.8 Å². The predicted octanol–water partition coefficient (Wildman–Crippen LogP) is 5.04. The summed E-state index contributed by atoms with van der Waals surface area (Å²) < 4.78 is 118. The summed E-state index contributed by atoms with van der Waals surface area (Å²) in [6, 6.07) is 6.45. The predicted molar refractivity (Wildman–Crippen MR) is 144 cm³/mol. The van der Waals surface area contributed by atoms with E-state index < -0.39 is 60.4 Å². The second kappa shape index (κ2) is 11.1. The van der Waals surface area contributed by atoms with Gasteiger partial charge in [-0.1, -0.05) is 11.6 Å². The zero-order valence-corrected chi connectivity index (χ0v) is 24.9. The number of halogens is 5. The van der Waals surface area contributed by atoms with Crippen LogP contribution in [0.4, 0.5) is 33.7 Å². The normalized spacial score (nSPS) is 16.5. The van der Waals surface area contributed by atoms with Crippen LogP contribution in [0, 0.1) is 5.82 Å². The number of sulfonamides is 2. The number of carbonyl (C=O) groups excluding carboxylic acids is 1. The minimum Gasteiger partial charge on any atom is -0.486 e. The number of fused-ring (bicyclic) bond motifs is 1. The van der Waals surface area contributed by atoms with Crippen LogP contribution in [0.1, 0.15) is 34.1 Å². The molecule has 10 nitrogen and oxygen atoms in total. The van der Waals surface area contributed by atoms with Crippen molar-refractivity contribution in [1.82, 2.24) is 4.72 Å². The third-order valence-electron chi connectivity index (χ3n) is 5.85. The lowest BCUT2D eigenvalue weighted by atomic mass is 9.97. The van der Waals surface area contributed by atoms with E-state index in [-0.39, 0.29) is 35.0 Å². The van der Waals surface area contributed by atoms with E-state index >= 15 is 0 Å². The van der Waals surface area contributed by atoms with Gasteiger partial charge in [-0.3, -0.25) is 9.62 Å². The Labute approximate surface area is 240 Å². The highest BCUT2D eigenvalue weighted by Crippen LogP contribution is 2.41. The molecule has 1 unspecified atom stereocenters. The Balaban J connectivity index is 2.01. The summed E-state index contributed by atoms with van der Waals surface area (Å²) in [6.45, 7) is 4.12. The first-order valence-electron chi connectivity index (χ1n) is 11.8. The van der Waals surface area contributed by atoms with Crippen molar-refractivity contribution < 1.29 is 48.7 Å². The molecule has 2 N–H and O–H groups in total. The molecule has 0 bridgehead atoms. The lowest BCUT2D eigenvalue weighted by molar-refractivity contribution is -0.242. The highest BCUT2D eigenvalue weighted by Gasteiger charge is 2.51. The minimum absolute atomic E-state index is 0.00253. The van der Waals surface area contributed by atoms with E-state index in [9.17, 15) is 39.2 Å². The summed E-state index contributed by atoms with van der Waals surface area (Å²) in [5.74, 6) is -0.853. The van der Waals surface area contributed by atoms with Crippen molar-refractivity contribution in [2.24, 2.45) is 0 Å². The van der Waals surface area contributed by atoms with Crippen LogP contribution in [0.2, 0.25) is 5.02 Å². The fourth-order valence-electron chi connectivity index (χ4n) is 4.03. The number of nitrogens with zero attached hydrogens (tertiary/aromatic N) is 1. The number of ether oxygens (including phenoxy) is 2. The van der Waals surface area contributed by atoms with Gasteiger partial charge < -0.3 is 9.47 Å². The topological polar surface area (TPSA) is 131 Å². The molecule has 3 rings (SSSR count). The number of alkyl halides is 3. The zero-order valence-electron chi connectivity index (χ0n) is 22.5. The van der Waals surface area contributed by atoms with Gasteiger partial charge in [0.1, 0.15) is 17.7 Å². The first kappa shape index (κ1) is 32.7. The van der Waals surface area contributed by atoms with E-state index in [1.807, 2.05) is 0 Å². The van der Waals surface area contributed by atoms with Crippen molar-refractivity contribution in [2.75, 3.05) is 22.4 Å². The summed E-state index contributed by atoms with van der Waals surface area (Å²) in [5.41, 5.74) is -4.11. The van der Waals surface area contributed by atoms with Crippen LogP contribution in [-0.2, 0) is 24.8 Å². The number of benzene rings is 2. The molecule has 0 aliphatic carbocycles. The van der Waals surface area contributed by atoms with Crippen molar-refractivity contribution >= 4 is 49.1 Å². The molecule has 2 aromatic rings. The fraction of sp³-hybridized carbons (Fsp3) is 0.458. The number of nitrogens with one attached hydrogen (secondary N) is 2. The van der Waals surface area contributed by atoms with Crippen molar-refractivity contribution in [3.63, 3.8) is 0 Å². The maximum Gasteiger partial charge on any atom is 0.427 e. The van der Waals surface area contributed by atoms with Gasteiger partial charge in [0.2, 0.25) is 15.6 Å². The molecule has 228 valence electrons. The Hall–Kier alpha value is -2.82.